The fourth-order valence-corrected chi connectivity index (χ4v) is 3.44. The van der Waals surface area contributed by atoms with Crippen LogP contribution in [0.2, 0.25) is 0 Å². The Bertz CT molecular complexity index is 209. The molecule has 3 heteroatoms. The zero-order valence-corrected chi connectivity index (χ0v) is 12.0. The third kappa shape index (κ3) is 4.52. The van der Waals surface area contributed by atoms with Gasteiger partial charge in [0.2, 0.25) is 0 Å². The molecule has 2 fully saturated rings. The fourth-order valence-electron chi connectivity index (χ4n) is 3.44. The summed E-state index contributed by atoms with van der Waals surface area (Å²) in [6, 6.07) is 0.702. The van der Waals surface area contributed by atoms with Gasteiger partial charge in [-0.3, -0.25) is 4.90 Å². The maximum atomic E-state index is 5.55. The van der Waals surface area contributed by atoms with Gasteiger partial charge in [0.1, 0.15) is 0 Å². The van der Waals surface area contributed by atoms with E-state index in [0.29, 0.717) is 6.04 Å². The molecule has 0 spiro atoms. The number of nitrogens with one attached hydrogen (secondary N) is 1. The highest BCUT2D eigenvalue weighted by Crippen LogP contribution is 2.27. The first-order valence-electron chi connectivity index (χ1n) is 7.93. The summed E-state index contributed by atoms with van der Waals surface area (Å²) < 4.78 is 5.55. The van der Waals surface area contributed by atoms with Crippen molar-refractivity contribution in [1.82, 2.24) is 10.2 Å². The molecule has 1 saturated heterocycles. The van der Waals surface area contributed by atoms with Crippen LogP contribution in [0.25, 0.3) is 0 Å². The quantitative estimate of drug-likeness (QED) is 0.814. The van der Waals surface area contributed by atoms with E-state index in [1.54, 1.807) is 0 Å². The van der Waals surface area contributed by atoms with Crippen LogP contribution in [0.15, 0.2) is 0 Å². The van der Waals surface area contributed by atoms with Crippen molar-refractivity contribution in [3.63, 3.8) is 0 Å². The molecule has 2 rings (SSSR count). The van der Waals surface area contributed by atoms with Crippen molar-refractivity contribution in [3.05, 3.63) is 0 Å². The topological polar surface area (TPSA) is 24.5 Å². The van der Waals surface area contributed by atoms with Crippen molar-refractivity contribution >= 4 is 0 Å². The van der Waals surface area contributed by atoms with Crippen LogP contribution >= 0.6 is 0 Å². The normalized spacial score (nSPS) is 25.8. The van der Waals surface area contributed by atoms with E-state index in [0.717, 1.165) is 32.2 Å². The Balaban J connectivity index is 1.83. The number of nitrogens with zero attached hydrogens (tertiary/aromatic N) is 1. The van der Waals surface area contributed by atoms with Crippen LogP contribution in [0.4, 0.5) is 0 Å². The maximum absolute atomic E-state index is 5.55. The first-order chi connectivity index (χ1) is 8.90. The van der Waals surface area contributed by atoms with Crippen LogP contribution in [-0.2, 0) is 4.74 Å². The summed E-state index contributed by atoms with van der Waals surface area (Å²) in [5.41, 5.74) is 0. The smallest absolute Gasteiger partial charge is 0.0593 e. The Morgan fingerprint density at radius 2 is 1.94 bits per heavy atom. The summed E-state index contributed by atoms with van der Waals surface area (Å²) >= 11 is 0. The van der Waals surface area contributed by atoms with Gasteiger partial charge in [0, 0.05) is 32.3 Å². The first kappa shape index (κ1) is 14.3. The maximum Gasteiger partial charge on any atom is 0.0593 e. The third-order valence-corrected chi connectivity index (χ3v) is 4.45. The van der Waals surface area contributed by atoms with E-state index < -0.39 is 0 Å². The molecular formula is C15H30N2O. The number of hydrogen-bond acceptors (Lipinski definition) is 3. The lowest BCUT2D eigenvalue weighted by Crippen LogP contribution is -2.46. The van der Waals surface area contributed by atoms with E-state index >= 15 is 0 Å². The minimum Gasteiger partial charge on any atom is -0.380 e. The lowest BCUT2D eigenvalue weighted by molar-refractivity contribution is 0.134. The van der Waals surface area contributed by atoms with Crippen molar-refractivity contribution in [3.8, 4) is 0 Å². The van der Waals surface area contributed by atoms with Gasteiger partial charge in [0.05, 0.1) is 6.61 Å². The van der Waals surface area contributed by atoms with Gasteiger partial charge in [-0.15, -0.1) is 0 Å². The SMILES string of the molecule is CCNC(CN1CCCOCC1)C1CCCCC1. The van der Waals surface area contributed by atoms with E-state index in [9.17, 15) is 0 Å². The van der Waals surface area contributed by atoms with Crippen LogP contribution in [0.5, 0.6) is 0 Å². The molecule has 106 valence electrons. The van der Waals surface area contributed by atoms with Crippen molar-refractivity contribution < 1.29 is 4.74 Å². The van der Waals surface area contributed by atoms with E-state index in [4.69, 9.17) is 4.74 Å². The second-order valence-corrected chi connectivity index (χ2v) is 5.83. The van der Waals surface area contributed by atoms with Gasteiger partial charge in [-0.05, 0) is 31.7 Å². The van der Waals surface area contributed by atoms with Crippen LogP contribution in [0.3, 0.4) is 0 Å². The zero-order valence-electron chi connectivity index (χ0n) is 12.0. The van der Waals surface area contributed by atoms with Gasteiger partial charge < -0.3 is 10.1 Å². The monoisotopic (exact) mass is 254 g/mol. The summed E-state index contributed by atoms with van der Waals surface area (Å²) in [6.07, 6.45) is 8.39. The lowest BCUT2D eigenvalue weighted by atomic mass is 9.83. The van der Waals surface area contributed by atoms with E-state index in [1.807, 2.05) is 0 Å². The molecule has 0 radical (unpaired) electrons. The highest BCUT2D eigenvalue weighted by Gasteiger charge is 2.25. The molecule has 18 heavy (non-hydrogen) atoms. The predicted octanol–water partition coefficient (Wildman–Crippen LogP) is 2.27. The van der Waals surface area contributed by atoms with Gasteiger partial charge in [-0.25, -0.2) is 0 Å². The molecule has 0 bridgehead atoms. The molecule has 2 aliphatic rings. The fraction of sp³-hybridized carbons (Fsp3) is 1.00. The standard InChI is InChI=1S/C15H30N2O/c1-2-16-15(14-7-4-3-5-8-14)13-17-9-6-11-18-12-10-17/h14-16H,2-13H2,1H3. The van der Waals surface area contributed by atoms with Crippen LogP contribution in [0, 0.1) is 5.92 Å². The molecule has 1 N–H and O–H groups in total. The molecule has 1 saturated carbocycles. The first-order valence-corrected chi connectivity index (χ1v) is 7.93. The second-order valence-electron chi connectivity index (χ2n) is 5.83. The Hall–Kier alpha value is -0.120. The number of hydrogen-bond donors (Lipinski definition) is 1. The average Bonchev–Trinajstić information content (AvgIpc) is 2.68. The van der Waals surface area contributed by atoms with Crippen molar-refractivity contribution in [1.29, 1.82) is 0 Å². The molecule has 0 aromatic heterocycles. The Morgan fingerprint density at radius 3 is 2.72 bits per heavy atom. The lowest BCUT2D eigenvalue weighted by Gasteiger charge is -2.34. The molecular weight excluding hydrogens is 224 g/mol. The van der Waals surface area contributed by atoms with E-state index in [2.05, 4.69) is 17.1 Å². The van der Waals surface area contributed by atoms with E-state index in [-0.39, 0.29) is 0 Å². The number of likely N-dealkylation sites (N-methyl/N-ethyl adjacent to an activating group) is 1. The van der Waals surface area contributed by atoms with Crippen molar-refractivity contribution in [2.75, 3.05) is 39.4 Å². The molecule has 1 atom stereocenters. The highest BCUT2D eigenvalue weighted by atomic mass is 16.5. The van der Waals surface area contributed by atoms with Gasteiger partial charge in [-0.1, -0.05) is 26.2 Å². The molecule has 1 heterocycles. The van der Waals surface area contributed by atoms with Crippen LogP contribution in [-0.4, -0.2) is 50.3 Å². The molecule has 3 nitrogen and oxygen atoms in total. The second kappa shape index (κ2) is 8.13. The summed E-state index contributed by atoms with van der Waals surface area (Å²) in [6.45, 7) is 8.77. The van der Waals surface area contributed by atoms with Crippen molar-refractivity contribution in [2.45, 2.75) is 51.5 Å². The zero-order chi connectivity index (χ0) is 12.6. The van der Waals surface area contributed by atoms with Crippen molar-refractivity contribution in [2.24, 2.45) is 5.92 Å². The summed E-state index contributed by atoms with van der Waals surface area (Å²) in [5, 5.41) is 3.74. The van der Waals surface area contributed by atoms with E-state index in [1.165, 1.54) is 51.6 Å². The molecule has 0 aromatic rings. The molecule has 1 unspecified atom stereocenters. The van der Waals surface area contributed by atoms with Crippen LogP contribution in [0.1, 0.15) is 45.4 Å². The molecule has 0 aromatic carbocycles. The summed E-state index contributed by atoms with van der Waals surface area (Å²) in [7, 11) is 0. The Morgan fingerprint density at radius 1 is 1.11 bits per heavy atom. The minimum absolute atomic E-state index is 0.702. The molecule has 1 aliphatic heterocycles. The Labute approximate surface area is 112 Å². The molecule has 0 amide bonds. The summed E-state index contributed by atoms with van der Waals surface area (Å²) in [5.74, 6) is 0.905. The van der Waals surface area contributed by atoms with Gasteiger partial charge in [0.25, 0.3) is 0 Å². The van der Waals surface area contributed by atoms with Gasteiger partial charge in [0.15, 0.2) is 0 Å². The predicted molar refractivity (Wildman–Crippen MR) is 75.9 cm³/mol. The minimum atomic E-state index is 0.702. The summed E-state index contributed by atoms with van der Waals surface area (Å²) in [4.78, 5) is 2.61. The number of rotatable bonds is 5. The van der Waals surface area contributed by atoms with Crippen LogP contribution < -0.4 is 5.32 Å². The Kier molecular flexibility index (Phi) is 6.46. The largest absolute Gasteiger partial charge is 0.380 e. The third-order valence-electron chi connectivity index (χ3n) is 4.45. The number of ether oxygens (including phenoxy) is 1. The van der Waals surface area contributed by atoms with Gasteiger partial charge in [-0.2, -0.15) is 0 Å². The highest BCUT2D eigenvalue weighted by molar-refractivity contribution is 4.82. The average molecular weight is 254 g/mol. The van der Waals surface area contributed by atoms with Gasteiger partial charge >= 0.3 is 0 Å². The molecule has 1 aliphatic carbocycles.